The van der Waals surface area contributed by atoms with Crippen LogP contribution in [0.25, 0.3) is 0 Å². The van der Waals surface area contributed by atoms with Gasteiger partial charge in [0.25, 0.3) is 0 Å². The minimum Gasteiger partial charge on any atom is -0.357 e. The van der Waals surface area contributed by atoms with Gasteiger partial charge in [-0.2, -0.15) is 13.2 Å². The topological polar surface area (TPSA) is 70.6 Å². The van der Waals surface area contributed by atoms with Gasteiger partial charge in [0.1, 0.15) is 15.7 Å². The first-order chi connectivity index (χ1) is 11.9. The standard InChI is InChI=1S/C16H23F4N3O2S.HI/c1-4-21-15(23-11(2)7-8-26(3,24)25)22-10-12-5-6-13(17)9-14(12)16(18,19)20;/h5-6,9,11H,4,7-8,10H2,1-3H3,(H2,21,22,23);1H. The highest BCUT2D eigenvalue weighted by molar-refractivity contribution is 14.0. The Morgan fingerprint density at radius 1 is 1.30 bits per heavy atom. The number of alkyl halides is 3. The van der Waals surface area contributed by atoms with E-state index in [1.807, 2.05) is 0 Å². The minimum absolute atomic E-state index is 0. The predicted octanol–water partition coefficient (Wildman–Crippen LogP) is 3.34. The molecule has 1 aromatic rings. The maximum atomic E-state index is 13.1. The molecule has 1 unspecified atom stereocenters. The van der Waals surface area contributed by atoms with Gasteiger partial charge in [-0.15, -0.1) is 24.0 Å². The molecular formula is C16H24F4IN3O2S. The SMILES string of the molecule is CCNC(=NCc1ccc(F)cc1C(F)(F)F)NC(C)CCS(C)(=O)=O.I. The summed E-state index contributed by atoms with van der Waals surface area (Å²) < 4.78 is 74.6. The average Bonchev–Trinajstić information content (AvgIpc) is 2.50. The zero-order valence-electron chi connectivity index (χ0n) is 15.2. The third-order valence-electron chi connectivity index (χ3n) is 3.43. The van der Waals surface area contributed by atoms with Crippen LogP contribution in [0.3, 0.4) is 0 Å². The van der Waals surface area contributed by atoms with Gasteiger partial charge in [0.05, 0.1) is 17.9 Å². The van der Waals surface area contributed by atoms with E-state index in [1.54, 1.807) is 13.8 Å². The summed E-state index contributed by atoms with van der Waals surface area (Å²) in [6, 6.07) is 2.20. The molecule has 0 spiro atoms. The van der Waals surface area contributed by atoms with Crippen LogP contribution in [0.1, 0.15) is 31.4 Å². The van der Waals surface area contributed by atoms with Crippen molar-refractivity contribution in [3.63, 3.8) is 0 Å². The van der Waals surface area contributed by atoms with E-state index >= 15 is 0 Å². The fourth-order valence-electron chi connectivity index (χ4n) is 2.13. The highest BCUT2D eigenvalue weighted by Gasteiger charge is 2.33. The number of nitrogens with one attached hydrogen (secondary N) is 2. The minimum atomic E-state index is -4.68. The van der Waals surface area contributed by atoms with Crippen molar-refractivity contribution >= 4 is 39.8 Å². The number of hydrogen-bond acceptors (Lipinski definition) is 3. The smallest absolute Gasteiger partial charge is 0.357 e. The second kappa shape index (κ2) is 11.0. The molecule has 27 heavy (non-hydrogen) atoms. The Kier molecular flexibility index (Phi) is 10.6. The molecule has 0 aliphatic rings. The van der Waals surface area contributed by atoms with Crippen molar-refractivity contribution in [3.05, 3.63) is 35.1 Å². The third kappa shape index (κ3) is 10.1. The predicted molar refractivity (Wildman–Crippen MR) is 109 cm³/mol. The van der Waals surface area contributed by atoms with Crippen molar-refractivity contribution in [2.45, 2.75) is 39.0 Å². The average molecular weight is 525 g/mol. The van der Waals surface area contributed by atoms with Crippen molar-refractivity contribution in [2.75, 3.05) is 18.6 Å². The third-order valence-corrected chi connectivity index (χ3v) is 4.41. The number of guanidine groups is 1. The van der Waals surface area contributed by atoms with Crippen LogP contribution in [-0.2, 0) is 22.6 Å². The van der Waals surface area contributed by atoms with Gasteiger partial charge < -0.3 is 10.6 Å². The summed E-state index contributed by atoms with van der Waals surface area (Å²) >= 11 is 0. The lowest BCUT2D eigenvalue weighted by molar-refractivity contribution is -0.138. The Labute approximate surface area is 174 Å². The summed E-state index contributed by atoms with van der Waals surface area (Å²) in [7, 11) is -3.11. The molecule has 0 saturated carbocycles. The molecule has 0 saturated heterocycles. The van der Waals surface area contributed by atoms with E-state index in [1.165, 1.54) is 0 Å². The first-order valence-corrected chi connectivity index (χ1v) is 10.1. The molecule has 0 aromatic heterocycles. The molecule has 2 N–H and O–H groups in total. The van der Waals surface area contributed by atoms with Gasteiger partial charge in [0.15, 0.2) is 5.96 Å². The highest BCUT2D eigenvalue weighted by Crippen LogP contribution is 2.32. The summed E-state index contributed by atoms with van der Waals surface area (Å²) in [5.41, 5.74) is -1.22. The fraction of sp³-hybridized carbons (Fsp3) is 0.562. The molecule has 0 aliphatic heterocycles. The number of hydrogen-bond donors (Lipinski definition) is 2. The molecule has 0 radical (unpaired) electrons. The van der Waals surface area contributed by atoms with E-state index in [4.69, 9.17) is 0 Å². The first kappa shape index (κ1) is 25.9. The molecule has 1 atom stereocenters. The molecule has 0 heterocycles. The van der Waals surface area contributed by atoms with Crippen LogP contribution in [-0.4, -0.2) is 39.0 Å². The number of rotatable bonds is 7. The van der Waals surface area contributed by atoms with Crippen LogP contribution >= 0.6 is 24.0 Å². The van der Waals surface area contributed by atoms with E-state index in [0.717, 1.165) is 18.4 Å². The molecule has 5 nitrogen and oxygen atoms in total. The van der Waals surface area contributed by atoms with Gasteiger partial charge in [0.2, 0.25) is 0 Å². The number of halogens is 5. The molecule has 0 fully saturated rings. The maximum Gasteiger partial charge on any atom is 0.416 e. The van der Waals surface area contributed by atoms with Gasteiger partial charge in [-0.1, -0.05) is 6.07 Å². The van der Waals surface area contributed by atoms with Crippen LogP contribution in [0.4, 0.5) is 17.6 Å². The molecule has 11 heteroatoms. The van der Waals surface area contributed by atoms with Crippen LogP contribution in [0.2, 0.25) is 0 Å². The second-order valence-electron chi connectivity index (χ2n) is 5.96. The van der Waals surface area contributed by atoms with E-state index in [2.05, 4.69) is 15.6 Å². The monoisotopic (exact) mass is 525 g/mol. The van der Waals surface area contributed by atoms with Crippen LogP contribution in [0.5, 0.6) is 0 Å². The lowest BCUT2D eigenvalue weighted by Gasteiger charge is -2.18. The fourth-order valence-corrected chi connectivity index (χ4v) is 2.91. The van der Waals surface area contributed by atoms with Crippen LogP contribution in [0, 0.1) is 5.82 Å². The molecule has 156 valence electrons. The van der Waals surface area contributed by atoms with Gasteiger partial charge >= 0.3 is 6.18 Å². The normalized spacial score (nSPS) is 13.7. The number of aliphatic imine (C=N–C) groups is 1. The van der Waals surface area contributed by atoms with E-state index in [0.29, 0.717) is 19.0 Å². The highest BCUT2D eigenvalue weighted by atomic mass is 127. The quantitative estimate of drug-likeness (QED) is 0.248. The number of nitrogens with zero attached hydrogens (tertiary/aromatic N) is 1. The Morgan fingerprint density at radius 2 is 1.93 bits per heavy atom. The van der Waals surface area contributed by atoms with Crippen LogP contribution < -0.4 is 10.6 Å². The van der Waals surface area contributed by atoms with E-state index in [-0.39, 0.29) is 53.8 Å². The largest absolute Gasteiger partial charge is 0.416 e. The molecule has 0 aliphatic carbocycles. The van der Waals surface area contributed by atoms with Crippen molar-refractivity contribution in [2.24, 2.45) is 4.99 Å². The van der Waals surface area contributed by atoms with Crippen LogP contribution in [0.15, 0.2) is 23.2 Å². The molecule has 1 aromatic carbocycles. The van der Waals surface area contributed by atoms with E-state index < -0.39 is 27.4 Å². The molecule has 1 rings (SSSR count). The summed E-state index contributed by atoms with van der Waals surface area (Å²) in [4.78, 5) is 4.09. The van der Waals surface area contributed by atoms with E-state index in [9.17, 15) is 26.0 Å². The summed E-state index contributed by atoms with van der Waals surface area (Å²) in [5.74, 6) is -0.730. The second-order valence-corrected chi connectivity index (χ2v) is 8.22. The Bertz CT molecular complexity index is 740. The lowest BCUT2D eigenvalue weighted by Crippen LogP contribution is -2.42. The van der Waals surface area contributed by atoms with Crippen molar-refractivity contribution in [1.29, 1.82) is 0 Å². The van der Waals surface area contributed by atoms with Gasteiger partial charge in [-0.25, -0.2) is 17.8 Å². The summed E-state index contributed by atoms with van der Waals surface area (Å²) in [5, 5.41) is 5.83. The first-order valence-electron chi connectivity index (χ1n) is 8.00. The van der Waals surface area contributed by atoms with Crippen molar-refractivity contribution in [3.8, 4) is 0 Å². The number of benzene rings is 1. The summed E-state index contributed by atoms with van der Waals surface area (Å²) in [6.45, 7) is 3.71. The van der Waals surface area contributed by atoms with Crippen molar-refractivity contribution in [1.82, 2.24) is 10.6 Å². The zero-order valence-corrected chi connectivity index (χ0v) is 18.4. The lowest BCUT2D eigenvalue weighted by atomic mass is 10.1. The summed E-state index contributed by atoms with van der Waals surface area (Å²) in [6.07, 6.45) is -3.22. The Balaban J connectivity index is 0.00000676. The van der Waals surface area contributed by atoms with Crippen molar-refractivity contribution < 1.29 is 26.0 Å². The van der Waals surface area contributed by atoms with Gasteiger partial charge in [-0.05, 0) is 38.0 Å². The zero-order chi connectivity index (χ0) is 20.0. The molecule has 0 bridgehead atoms. The number of sulfone groups is 1. The maximum absolute atomic E-state index is 13.1. The van der Waals surface area contributed by atoms with Gasteiger partial charge in [0, 0.05) is 18.8 Å². The Morgan fingerprint density at radius 3 is 2.44 bits per heavy atom. The van der Waals surface area contributed by atoms with Gasteiger partial charge in [-0.3, -0.25) is 0 Å². The Hall–Kier alpha value is -1.11. The molecular weight excluding hydrogens is 501 g/mol. The molecule has 0 amide bonds.